The molecule has 0 fully saturated rings. The molecule has 0 saturated carbocycles. The van der Waals surface area contributed by atoms with Crippen LogP contribution in [-0.2, 0) is 14.3 Å². The van der Waals surface area contributed by atoms with Crippen molar-refractivity contribution in [3.05, 3.63) is 77.9 Å². The van der Waals surface area contributed by atoms with Crippen molar-refractivity contribution in [2.75, 3.05) is 25.6 Å². The summed E-state index contributed by atoms with van der Waals surface area (Å²) in [5, 5.41) is 2.80. The monoisotopic (exact) mass is 435 g/mol. The Morgan fingerprint density at radius 3 is 1.94 bits per heavy atom. The van der Waals surface area contributed by atoms with E-state index in [-0.39, 0.29) is 19.1 Å². The van der Waals surface area contributed by atoms with Crippen LogP contribution in [0.4, 0.5) is 5.69 Å². The van der Waals surface area contributed by atoms with Gasteiger partial charge < -0.3 is 24.3 Å². The molecule has 0 saturated heterocycles. The molecule has 0 atom stereocenters. The third kappa shape index (κ3) is 6.77. The summed E-state index contributed by atoms with van der Waals surface area (Å²) in [7, 11) is 1.30. The molecule has 0 aliphatic carbocycles. The van der Waals surface area contributed by atoms with Crippen LogP contribution in [0.2, 0.25) is 0 Å². The highest BCUT2D eigenvalue weighted by Gasteiger charge is 2.09. The number of methoxy groups -OCH3 is 1. The number of amides is 1. The maximum Gasteiger partial charge on any atom is 0.343 e. The molecule has 1 N–H and O–H groups in total. The minimum Gasteiger partial charge on any atom is -0.484 e. The first-order valence-corrected chi connectivity index (χ1v) is 10.0. The van der Waals surface area contributed by atoms with Crippen LogP contribution in [-0.4, -0.2) is 32.2 Å². The number of benzene rings is 3. The molecule has 0 aromatic heterocycles. The van der Waals surface area contributed by atoms with Gasteiger partial charge in [0.15, 0.2) is 13.2 Å². The highest BCUT2D eigenvalue weighted by molar-refractivity contribution is 5.92. The smallest absolute Gasteiger partial charge is 0.343 e. The minimum atomic E-state index is -0.466. The average molecular weight is 435 g/mol. The van der Waals surface area contributed by atoms with Crippen molar-refractivity contribution < 1.29 is 28.5 Å². The Balaban J connectivity index is 1.48. The summed E-state index contributed by atoms with van der Waals surface area (Å²) in [4.78, 5) is 23.4. The zero-order chi connectivity index (χ0) is 22.9. The van der Waals surface area contributed by atoms with Crippen LogP contribution in [0.15, 0.2) is 66.7 Å². The highest BCUT2D eigenvalue weighted by atomic mass is 16.6. The number of esters is 1. The second-order valence-electron chi connectivity index (χ2n) is 7.06. The maximum absolute atomic E-state index is 12.3. The van der Waals surface area contributed by atoms with Crippen LogP contribution in [0.25, 0.3) is 0 Å². The zero-order valence-corrected chi connectivity index (χ0v) is 18.2. The van der Waals surface area contributed by atoms with E-state index in [1.165, 1.54) is 7.11 Å². The van der Waals surface area contributed by atoms with Crippen molar-refractivity contribution in [2.24, 2.45) is 0 Å². The van der Waals surface area contributed by atoms with Crippen LogP contribution in [0, 0.1) is 13.8 Å². The van der Waals surface area contributed by atoms with E-state index in [9.17, 15) is 9.59 Å². The van der Waals surface area contributed by atoms with Crippen molar-refractivity contribution in [1.82, 2.24) is 0 Å². The fourth-order valence-electron chi connectivity index (χ4n) is 2.75. The van der Waals surface area contributed by atoms with Gasteiger partial charge in [0.2, 0.25) is 0 Å². The number of rotatable bonds is 9. The molecule has 0 bridgehead atoms. The Bertz CT molecular complexity index is 1060. The summed E-state index contributed by atoms with van der Waals surface area (Å²) in [5.74, 6) is 1.73. The number of anilines is 1. The molecule has 0 radical (unpaired) electrons. The molecule has 1 amide bonds. The van der Waals surface area contributed by atoms with Crippen molar-refractivity contribution in [2.45, 2.75) is 13.8 Å². The lowest BCUT2D eigenvalue weighted by atomic mass is 10.2. The normalized spacial score (nSPS) is 10.2. The lowest BCUT2D eigenvalue weighted by Gasteiger charge is -2.12. The standard InChI is InChI=1S/C25H25NO6/c1-17-4-6-20(7-5-17)32-21-10-8-19(9-11-21)30-15-24(27)26-23-13-12-22(14-18(23)2)31-16-25(28)29-3/h4-14H,15-16H2,1-3H3,(H,26,27). The molecular formula is C25H25NO6. The number of hydrogen-bond acceptors (Lipinski definition) is 6. The van der Waals surface area contributed by atoms with Crippen LogP contribution in [0.5, 0.6) is 23.0 Å². The zero-order valence-electron chi connectivity index (χ0n) is 18.2. The first kappa shape index (κ1) is 22.7. The van der Waals surface area contributed by atoms with Crippen LogP contribution < -0.4 is 19.5 Å². The molecule has 166 valence electrons. The number of carbonyl (C=O) groups is 2. The van der Waals surface area contributed by atoms with E-state index in [0.29, 0.717) is 22.9 Å². The first-order valence-electron chi connectivity index (χ1n) is 10.0. The van der Waals surface area contributed by atoms with Gasteiger partial charge in [0.1, 0.15) is 23.0 Å². The van der Waals surface area contributed by atoms with Crippen molar-refractivity contribution >= 4 is 17.6 Å². The lowest BCUT2D eigenvalue weighted by Crippen LogP contribution is -2.20. The van der Waals surface area contributed by atoms with E-state index < -0.39 is 5.97 Å². The largest absolute Gasteiger partial charge is 0.484 e. The molecule has 7 nitrogen and oxygen atoms in total. The molecule has 3 aromatic carbocycles. The van der Waals surface area contributed by atoms with Crippen molar-refractivity contribution in [1.29, 1.82) is 0 Å². The summed E-state index contributed by atoms with van der Waals surface area (Å²) in [6, 6.07) is 19.9. The maximum atomic E-state index is 12.3. The Kier molecular flexibility index (Phi) is 7.70. The van der Waals surface area contributed by atoms with Gasteiger partial charge in [0.25, 0.3) is 5.91 Å². The Labute approximate surface area is 186 Å². The second-order valence-corrected chi connectivity index (χ2v) is 7.06. The summed E-state index contributed by atoms with van der Waals surface area (Å²) in [5.41, 5.74) is 2.58. The van der Waals surface area contributed by atoms with E-state index in [4.69, 9.17) is 14.2 Å². The molecule has 0 aliphatic rings. The quantitative estimate of drug-likeness (QED) is 0.492. The van der Waals surface area contributed by atoms with E-state index in [0.717, 1.165) is 16.9 Å². The Morgan fingerprint density at radius 1 is 0.750 bits per heavy atom. The third-order valence-electron chi connectivity index (χ3n) is 4.51. The first-order chi connectivity index (χ1) is 15.4. The van der Waals surface area contributed by atoms with Crippen molar-refractivity contribution in [3.8, 4) is 23.0 Å². The third-order valence-corrected chi connectivity index (χ3v) is 4.51. The van der Waals surface area contributed by atoms with Crippen LogP contribution in [0.1, 0.15) is 11.1 Å². The molecule has 0 unspecified atom stereocenters. The van der Waals surface area contributed by atoms with E-state index in [1.807, 2.05) is 38.1 Å². The minimum absolute atomic E-state index is 0.141. The summed E-state index contributed by atoms with van der Waals surface area (Å²) < 4.78 is 21.2. The second kappa shape index (κ2) is 10.9. The van der Waals surface area contributed by atoms with Gasteiger partial charge in [-0.25, -0.2) is 4.79 Å². The van der Waals surface area contributed by atoms with Crippen LogP contribution >= 0.6 is 0 Å². The van der Waals surface area contributed by atoms with Gasteiger partial charge in [0.05, 0.1) is 7.11 Å². The fourth-order valence-corrected chi connectivity index (χ4v) is 2.75. The SMILES string of the molecule is COC(=O)COc1ccc(NC(=O)COc2ccc(Oc3ccc(C)cc3)cc2)c(C)c1. The molecule has 3 aromatic rings. The fraction of sp³-hybridized carbons (Fsp3) is 0.200. The topological polar surface area (TPSA) is 83.1 Å². The van der Waals surface area contributed by atoms with Crippen LogP contribution in [0.3, 0.4) is 0 Å². The summed E-state index contributed by atoms with van der Waals surface area (Å²) in [6.45, 7) is 3.53. The van der Waals surface area contributed by atoms with E-state index >= 15 is 0 Å². The lowest BCUT2D eigenvalue weighted by molar-refractivity contribution is -0.142. The molecule has 32 heavy (non-hydrogen) atoms. The predicted octanol–water partition coefficient (Wildman–Crippen LogP) is 4.67. The van der Waals surface area contributed by atoms with Gasteiger partial charge in [-0.3, -0.25) is 4.79 Å². The number of nitrogens with one attached hydrogen (secondary N) is 1. The highest BCUT2D eigenvalue weighted by Crippen LogP contribution is 2.24. The van der Waals surface area contributed by atoms with E-state index in [1.54, 1.807) is 42.5 Å². The van der Waals surface area contributed by atoms with Gasteiger partial charge >= 0.3 is 5.97 Å². The van der Waals surface area contributed by atoms with Gasteiger partial charge in [-0.05, 0) is 74.0 Å². The van der Waals surface area contributed by atoms with Gasteiger partial charge in [0, 0.05) is 5.69 Å². The molecular weight excluding hydrogens is 410 g/mol. The number of carbonyl (C=O) groups excluding carboxylic acids is 2. The van der Waals surface area contributed by atoms with Gasteiger partial charge in [-0.15, -0.1) is 0 Å². The number of ether oxygens (including phenoxy) is 4. The Hall–Kier alpha value is -4.00. The van der Waals surface area contributed by atoms with Gasteiger partial charge in [-0.2, -0.15) is 0 Å². The summed E-state index contributed by atoms with van der Waals surface area (Å²) in [6.07, 6.45) is 0. The number of aryl methyl sites for hydroxylation is 2. The Morgan fingerprint density at radius 2 is 1.31 bits per heavy atom. The van der Waals surface area contributed by atoms with Crippen molar-refractivity contribution in [3.63, 3.8) is 0 Å². The predicted molar refractivity (Wildman–Crippen MR) is 121 cm³/mol. The average Bonchev–Trinajstić information content (AvgIpc) is 2.80. The number of hydrogen-bond donors (Lipinski definition) is 1. The molecule has 0 aliphatic heterocycles. The molecule has 3 rings (SSSR count). The van der Waals surface area contributed by atoms with Gasteiger partial charge in [-0.1, -0.05) is 17.7 Å². The van der Waals surface area contributed by atoms with E-state index in [2.05, 4.69) is 10.1 Å². The molecule has 0 spiro atoms. The molecule has 7 heteroatoms. The molecule has 0 heterocycles. The summed E-state index contributed by atoms with van der Waals surface area (Å²) >= 11 is 0.